The number of sulfone groups is 1. The lowest BCUT2D eigenvalue weighted by molar-refractivity contribution is -0.117. The van der Waals surface area contributed by atoms with Crippen molar-refractivity contribution < 1.29 is 17.6 Å². The molecule has 152 valence electrons. The Bertz CT molecular complexity index is 1110. The van der Waals surface area contributed by atoms with Gasteiger partial charge in [0.25, 0.3) is 5.91 Å². The minimum Gasteiger partial charge on any atom is -0.314 e. The molecule has 0 N–H and O–H groups in total. The van der Waals surface area contributed by atoms with Crippen molar-refractivity contribution in [3.8, 4) is 0 Å². The molecule has 29 heavy (non-hydrogen) atoms. The summed E-state index contributed by atoms with van der Waals surface area (Å²) < 4.78 is 37.3. The van der Waals surface area contributed by atoms with E-state index in [4.69, 9.17) is 23.2 Å². The van der Waals surface area contributed by atoms with Gasteiger partial charge in [0.05, 0.1) is 39.7 Å². The molecular weight excluding hydrogens is 458 g/mol. The van der Waals surface area contributed by atoms with Crippen LogP contribution in [0.4, 0.5) is 10.1 Å². The number of fused-ring (bicyclic) bond motifs is 1. The van der Waals surface area contributed by atoms with E-state index in [2.05, 4.69) is 4.99 Å². The maximum atomic E-state index is 13.1. The molecule has 0 unspecified atom stereocenters. The summed E-state index contributed by atoms with van der Waals surface area (Å²) in [6.45, 7) is 0. The molecule has 2 aromatic rings. The lowest BCUT2D eigenvalue weighted by Crippen LogP contribution is -2.38. The van der Waals surface area contributed by atoms with Crippen LogP contribution < -0.4 is 4.90 Å². The van der Waals surface area contributed by atoms with Crippen LogP contribution in [0.1, 0.15) is 5.56 Å². The van der Waals surface area contributed by atoms with Crippen molar-refractivity contribution in [1.82, 2.24) is 0 Å². The number of hydrogen-bond donors (Lipinski definition) is 0. The highest BCUT2D eigenvalue weighted by Crippen LogP contribution is 2.44. The van der Waals surface area contributed by atoms with Gasteiger partial charge >= 0.3 is 0 Å². The Labute approximate surface area is 181 Å². The lowest BCUT2D eigenvalue weighted by atomic mass is 10.1. The topological polar surface area (TPSA) is 66.8 Å². The number of aliphatic imine (C=N–C) groups is 1. The third-order valence-corrected chi connectivity index (χ3v) is 8.76. The van der Waals surface area contributed by atoms with Crippen molar-refractivity contribution in [3.05, 3.63) is 63.9 Å². The van der Waals surface area contributed by atoms with Gasteiger partial charge in [-0.15, -0.1) is 0 Å². The second kappa shape index (κ2) is 7.91. The number of anilines is 1. The maximum Gasteiger partial charge on any atom is 0.252 e. The fraction of sp³-hybridized carbons (Fsp3) is 0.263. The van der Waals surface area contributed by atoms with Gasteiger partial charge in [0, 0.05) is 5.25 Å². The number of thioether (sulfide) groups is 1. The Balaban J connectivity index is 1.67. The van der Waals surface area contributed by atoms with E-state index in [-0.39, 0.29) is 40.1 Å². The third kappa shape index (κ3) is 4.30. The Morgan fingerprint density at radius 1 is 1.17 bits per heavy atom. The predicted octanol–water partition coefficient (Wildman–Crippen LogP) is 3.98. The second-order valence-corrected chi connectivity index (χ2v) is 11.0. The van der Waals surface area contributed by atoms with Crippen molar-refractivity contribution in [2.75, 3.05) is 16.4 Å². The predicted molar refractivity (Wildman–Crippen MR) is 115 cm³/mol. The summed E-state index contributed by atoms with van der Waals surface area (Å²) >= 11 is 13.8. The van der Waals surface area contributed by atoms with Crippen molar-refractivity contribution in [1.29, 1.82) is 0 Å². The summed E-state index contributed by atoms with van der Waals surface area (Å²) in [5.41, 5.74) is 1.16. The first-order valence-corrected chi connectivity index (χ1v) is 12.2. The molecule has 0 aliphatic carbocycles. The molecule has 0 radical (unpaired) electrons. The maximum absolute atomic E-state index is 13.1. The Hall–Kier alpha value is -1.61. The fourth-order valence-electron chi connectivity index (χ4n) is 3.45. The van der Waals surface area contributed by atoms with Gasteiger partial charge in [-0.3, -0.25) is 4.79 Å². The number of benzene rings is 2. The van der Waals surface area contributed by atoms with Crippen LogP contribution in [0, 0.1) is 5.82 Å². The van der Waals surface area contributed by atoms with Gasteiger partial charge < -0.3 is 4.90 Å². The minimum atomic E-state index is -3.19. The monoisotopic (exact) mass is 472 g/mol. The van der Waals surface area contributed by atoms with E-state index in [1.54, 1.807) is 23.1 Å². The Morgan fingerprint density at radius 3 is 2.62 bits per heavy atom. The molecule has 0 spiro atoms. The van der Waals surface area contributed by atoms with E-state index >= 15 is 0 Å². The molecular formula is C19H15Cl2FN2O3S2. The number of hydrogen-bond acceptors (Lipinski definition) is 4. The summed E-state index contributed by atoms with van der Waals surface area (Å²) in [6, 6.07) is 10.3. The van der Waals surface area contributed by atoms with Crippen LogP contribution >= 0.6 is 35.0 Å². The molecule has 0 aromatic heterocycles. The molecule has 5 nitrogen and oxygen atoms in total. The van der Waals surface area contributed by atoms with Crippen LogP contribution in [-0.4, -0.2) is 42.3 Å². The van der Waals surface area contributed by atoms with Gasteiger partial charge in [0.1, 0.15) is 5.82 Å². The fourth-order valence-corrected chi connectivity index (χ4v) is 7.76. The van der Waals surface area contributed by atoms with Crippen molar-refractivity contribution in [3.63, 3.8) is 0 Å². The van der Waals surface area contributed by atoms with Crippen LogP contribution in [0.5, 0.6) is 0 Å². The highest BCUT2D eigenvalue weighted by Gasteiger charge is 2.49. The molecule has 2 saturated heterocycles. The first-order valence-electron chi connectivity index (χ1n) is 8.70. The lowest BCUT2D eigenvalue weighted by Gasteiger charge is -2.25. The zero-order valence-electron chi connectivity index (χ0n) is 14.9. The summed E-state index contributed by atoms with van der Waals surface area (Å²) in [5, 5.41) is 0.757. The van der Waals surface area contributed by atoms with Gasteiger partial charge in [-0.25, -0.2) is 12.8 Å². The number of halogens is 3. The van der Waals surface area contributed by atoms with Crippen LogP contribution in [-0.2, 0) is 21.1 Å². The molecule has 2 aromatic carbocycles. The molecule has 2 heterocycles. The number of carbonyl (C=O) groups excluding carboxylic acids is 1. The van der Waals surface area contributed by atoms with E-state index in [1.807, 2.05) is 0 Å². The SMILES string of the molecule is O=C(Cc1ccc(F)cc1)N=C1S[C@@H]2CS(=O)(=O)C[C@H]2N1c1cccc(Cl)c1Cl. The van der Waals surface area contributed by atoms with Crippen LogP contribution in [0.25, 0.3) is 0 Å². The van der Waals surface area contributed by atoms with Crippen molar-refractivity contribution in [2.24, 2.45) is 4.99 Å². The van der Waals surface area contributed by atoms with Gasteiger partial charge in [-0.2, -0.15) is 4.99 Å². The van der Waals surface area contributed by atoms with E-state index in [9.17, 15) is 17.6 Å². The number of rotatable bonds is 3. The molecule has 2 fully saturated rings. The van der Waals surface area contributed by atoms with E-state index in [0.717, 1.165) is 0 Å². The Kier molecular flexibility index (Phi) is 5.63. The van der Waals surface area contributed by atoms with Crippen molar-refractivity contribution >= 4 is 61.6 Å². The molecule has 0 bridgehead atoms. The summed E-state index contributed by atoms with van der Waals surface area (Å²) in [6.07, 6.45) is 0.00902. The average molecular weight is 473 g/mol. The number of amidine groups is 1. The van der Waals surface area contributed by atoms with Crippen LogP contribution in [0.3, 0.4) is 0 Å². The summed E-state index contributed by atoms with van der Waals surface area (Å²) in [4.78, 5) is 18.5. The first-order chi connectivity index (χ1) is 13.7. The molecule has 1 amide bonds. The second-order valence-electron chi connectivity index (χ2n) is 6.83. The Morgan fingerprint density at radius 2 is 1.90 bits per heavy atom. The number of amides is 1. The largest absolute Gasteiger partial charge is 0.314 e. The van der Waals surface area contributed by atoms with Gasteiger partial charge in [0.15, 0.2) is 15.0 Å². The quantitative estimate of drug-likeness (QED) is 0.675. The number of carbonyl (C=O) groups is 1. The molecule has 2 aliphatic rings. The van der Waals surface area contributed by atoms with E-state index in [1.165, 1.54) is 36.0 Å². The zero-order valence-corrected chi connectivity index (χ0v) is 18.0. The summed E-state index contributed by atoms with van der Waals surface area (Å²) in [5.74, 6) is -0.819. The highest BCUT2D eigenvalue weighted by atomic mass is 35.5. The van der Waals surface area contributed by atoms with Crippen molar-refractivity contribution in [2.45, 2.75) is 17.7 Å². The van der Waals surface area contributed by atoms with Gasteiger partial charge in [-0.05, 0) is 29.8 Å². The van der Waals surface area contributed by atoms with Crippen LogP contribution in [0.15, 0.2) is 47.5 Å². The van der Waals surface area contributed by atoms with Gasteiger partial charge in [0.2, 0.25) is 0 Å². The zero-order chi connectivity index (χ0) is 20.8. The minimum absolute atomic E-state index is 0.00902. The van der Waals surface area contributed by atoms with E-state index < -0.39 is 15.7 Å². The molecule has 2 aliphatic heterocycles. The molecule has 10 heteroatoms. The first kappa shape index (κ1) is 20.7. The van der Waals surface area contributed by atoms with Gasteiger partial charge in [-0.1, -0.05) is 53.2 Å². The average Bonchev–Trinajstić information content (AvgIpc) is 3.10. The molecule has 0 saturated carbocycles. The number of nitrogens with zero attached hydrogens (tertiary/aromatic N) is 2. The van der Waals surface area contributed by atoms with Crippen LogP contribution in [0.2, 0.25) is 10.0 Å². The third-order valence-electron chi connectivity index (χ3n) is 4.75. The standard InChI is InChI=1S/C19H15Cl2FN2O3S2/c20-13-2-1-3-14(18(13)21)24-15-9-29(26,27)10-16(15)28-19(24)23-17(25)8-11-4-6-12(22)7-5-11/h1-7,15-16H,8-10H2/t15-,16-/m1/s1. The smallest absolute Gasteiger partial charge is 0.252 e. The summed E-state index contributed by atoms with van der Waals surface area (Å²) in [7, 11) is -3.19. The molecule has 2 atom stereocenters. The highest BCUT2D eigenvalue weighted by molar-refractivity contribution is 8.16. The molecule has 4 rings (SSSR count). The normalized spacial score (nSPS) is 24.1. The van der Waals surface area contributed by atoms with E-state index in [0.29, 0.717) is 21.4 Å².